The van der Waals surface area contributed by atoms with Crippen molar-refractivity contribution in [3.63, 3.8) is 0 Å². The Labute approximate surface area is 386 Å². The number of ether oxygens (including phenoxy) is 3. The molecule has 0 radical (unpaired) electrons. The molecule has 0 saturated carbocycles. The number of unbranched alkanes of at least 4 members (excludes halogenated alkanes) is 31. The summed E-state index contributed by atoms with van der Waals surface area (Å²) in [6, 6.07) is 0. The molecule has 0 amide bonds. The quantitative estimate of drug-likeness (QED) is 0.0346. The predicted octanol–water partition coefficient (Wildman–Crippen LogP) is 18.3. The van der Waals surface area contributed by atoms with Crippen LogP contribution >= 0.6 is 0 Å². The van der Waals surface area contributed by atoms with Crippen LogP contribution in [0.3, 0.4) is 0 Å². The molecular formula is C57H104O5. The number of allylic oxidation sites excluding steroid dienone is 8. The molecular weight excluding hydrogens is 765 g/mol. The van der Waals surface area contributed by atoms with E-state index in [0.29, 0.717) is 19.4 Å². The van der Waals surface area contributed by atoms with Crippen LogP contribution in [0.15, 0.2) is 48.6 Å². The number of esters is 2. The van der Waals surface area contributed by atoms with Crippen molar-refractivity contribution in [3.8, 4) is 0 Å². The van der Waals surface area contributed by atoms with Crippen LogP contribution in [-0.2, 0) is 23.8 Å². The van der Waals surface area contributed by atoms with E-state index < -0.39 is 6.10 Å². The molecule has 5 heteroatoms. The normalized spacial score (nSPS) is 12.5. The average Bonchev–Trinajstić information content (AvgIpc) is 3.27. The lowest BCUT2D eigenvalue weighted by molar-refractivity contribution is -0.163. The Morgan fingerprint density at radius 3 is 1.18 bits per heavy atom. The highest BCUT2D eigenvalue weighted by molar-refractivity contribution is 5.70. The van der Waals surface area contributed by atoms with Gasteiger partial charge in [-0.1, -0.05) is 236 Å². The van der Waals surface area contributed by atoms with Crippen molar-refractivity contribution in [2.45, 2.75) is 284 Å². The van der Waals surface area contributed by atoms with Gasteiger partial charge in [-0.15, -0.1) is 0 Å². The second-order valence-corrected chi connectivity index (χ2v) is 18.1. The van der Waals surface area contributed by atoms with E-state index in [-0.39, 0.29) is 25.2 Å². The van der Waals surface area contributed by atoms with Gasteiger partial charge >= 0.3 is 11.9 Å². The summed E-state index contributed by atoms with van der Waals surface area (Å²) in [4.78, 5) is 25.4. The van der Waals surface area contributed by atoms with Crippen LogP contribution < -0.4 is 0 Å². The molecule has 0 saturated heterocycles. The maximum atomic E-state index is 12.8. The van der Waals surface area contributed by atoms with Crippen LogP contribution in [-0.4, -0.2) is 37.9 Å². The highest BCUT2D eigenvalue weighted by atomic mass is 16.6. The van der Waals surface area contributed by atoms with Gasteiger partial charge in [0.25, 0.3) is 0 Å². The molecule has 362 valence electrons. The summed E-state index contributed by atoms with van der Waals surface area (Å²) in [5, 5.41) is 0. The Morgan fingerprint density at radius 1 is 0.371 bits per heavy atom. The first-order valence-corrected chi connectivity index (χ1v) is 27.2. The number of hydrogen-bond acceptors (Lipinski definition) is 5. The van der Waals surface area contributed by atoms with Crippen molar-refractivity contribution < 1.29 is 23.8 Å². The minimum atomic E-state index is -0.541. The van der Waals surface area contributed by atoms with Gasteiger partial charge in [-0.05, 0) is 77.0 Å². The summed E-state index contributed by atoms with van der Waals surface area (Å²) in [5.74, 6) is -0.406. The Balaban J connectivity index is 4.25. The Morgan fingerprint density at radius 2 is 0.726 bits per heavy atom. The monoisotopic (exact) mass is 869 g/mol. The smallest absolute Gasteiger partial charge is 0.306 e. The lowest BCUT2D eigenvalue weighted by atomic mass is 10.0. The third kappa shape index (κ3) is 50.5. The molecule has 0 bridgehead atoms. The molecule has 0 aromatic rings. The van der Waals surface area contributed by atoms with E-state index in [0.717, 1.165) is 70.6 Å². The van der Waals surface area contributed by atoms with Gasteiger partial charge in [0, 0.05) is 19.4 Å². The molecule has 1 atom stereocenters. The van der Waals surface area contributed by atoms with Crippen LogP contribution in [0, 0.1) is 0 Å². The third-order valence-corrected chi connectivity index (χ3v) is 11.8. The van der Waals surface area contributed by atoms with Crippen LogP contribution in [0.1, 0.15) is 278 Å². The van der Waals surface area contributed by atoms with Crippen molar-refractivity contribution in [2.75, 3.05) is 19.8 Å². The zero-order valence-electron chi connectivity index (χ0n) is 41.6. The van der Waals surface area contributed by atoms with E-state index in [9.17, 15) is 9.59 Å². The molecule has 0 aromatic carbocycles. The van der Waals surface area contributed by atoms with E-state index in [2.05, 4.69) is 69.4 Å². The number of carbonyl (C=O) groups excluding carboxylic acids is 2. The fourth-order valence-electron chi connectivity index (χ4n) is 7.81. The number of hydrogen-bond donors (Lipinski definition) is 0. The third-order valence-electron chi connectivity index (χ3n) is 11.8. The molecule has 0 aliphatic carbocycles. The maximum absolute atomic E-state index is 12.8. The van der Waals surface area contributed by atoms with Gasteiger partial charge in [0.2, 0.25) is 0 Å². The first kappa shape index (κ1) is 59.9. The SMILES string of the molecule is CC/C=C\C/C=C\C/C=C\CCCCCCCC(=O)OCC(COCCCCCCCCCC/C=C\CCCCCCCC)OC(=O)CCCCCCCCCCCCCCC. The second kappa shape index (κ2) is 53.2. The van der Waals surface area contributed by atoms with Gasteiger partial charge < -0.3 is 14.2 Å². The maximum Gasteiger partial charge on any atom is 0.306 e. The minimum Gasteiger partial charge on any atom is -0.462 e. The molecule has 0 fully saturated rings. The first-order valence-electron chi connectivity index (χ1n) is 27.2. The molecule has 0 aliphatic heterocycles. The molecule has 1 unspecified atom stereocenters. The summed E-state index contributed by atoms with van der Waals surface area (Å²) < 4.78 is 17.4. The standard InChI is InChI=1S/C57H104O5/c1-4-7-10-13-16-19-22-25-27-28-29-31-34-37-40-43-46-49-52-60-53-55(62-57(59)51-48-45-42-39-36-32-24-21-18-15-12-9-6-3)54-61-56(58)50-47-44-41-38-35-33-30-26-23-20-17-14-11-8-5-2/h8,11,17,20,25-27,30,55H,4-7,9-10,12-16,18-19,21-24,28-29,31-54H2,1-3H3/b11-8-,20-17-,27-25-,30-26-. The Hall–Kier alpha value is -2.14. The summed E-state index contributed by atoms with van der Waals surface area (Å²) >= 11 is 0. The molecule has 0 N–H and O–H groups in total. The summed E-state index contributed by atoms with van der Waals surface area (Å²) in [5.41, 5.74) is 0. The van der Waals surface area contributed by atoms with E-state index in [1.54, 1.807) is 0 Å². The first-order chi connectivity index (χ1) is 30.6. The lowest BCUT2D eigenvalue weighted by Gasteiger charge is -2.18. The Kier molecular flexibility index (Phi) is 51.4. The largest absolute Gasteiger partial charge is 0.462 e. The molecule has 0 heterocycles. The zero-order valence-corrected chi connectivity index (χ0v) is 41.6. The zero-order chi connectivity index (χ0) is 44.9. The van der Waals surface area contributed by atoms with Crippen LogP contribution in [0.25, 0.3) is 0 Å². The van der Waals surface area contributed by atoms with Crippen LogP contribution in [0.4, 0.5) is 0 Å². The highest BCUT2D eigenvalue weighted by Gasteiger charge is 2.17. The molecule has 0 spiro atoms. The number of carbonyl (C=O) groups is 2. The molecule has 0 aromatic heterocycles. The molecule has 0 rings (SSSR count). The topological polar surface area (TPSA) is 61.8 Å². The van der Waals surface area contributed by atoms with Crippen molar-refractivity contribution in [1.29, 1.82) is 0 Å². The van der Waals surface area contributed by atoms with Crippen LogP contribution in [0.5, 0.6) is 0 Å². The molecule has 62 heavy (non-hydrogen) atoms. The Bertz CT molecular complexity index is 1030. The van der Waals surface area contributed by atoms with Crippen molar-refractivity contribution >= 4 is 11.9 Å². The van der Waals surface area contributed by atoms with E-state index in [1.165, 1.54) is 173 Å². The highest BCUT2D eigenvalue weighted by Crippen LogP contribution is 2.15. The summed E-state index contributed by atoms with van der Waals surface area (Å²) in [6.07, 6.45) is 65.5. The van der Waals surface area contributed by atoms with Crippen molar-refractivity contribution in [1.82, 2.24) is 0 Å². The fourth-order valence-corrected chi connectivity index (χ4v) is 7.81. The summed E-state index contributed by atoms with van der Waals surface area (Å²) in [7, 11) is 0. The molecule has 0 aliphatic rings. The van der Waals surface area contributed by atoms with Gasteiger partial charge in [-0.3, -0.25) is 9.59 Å². The van der Waals surface area contributed by atoms with Gasteiger partial charge in [-0.2, -0.15) is 0 Å². The van der Waals surface area contributed by atoms with Gasteiger partial charge in [0.05, 0.1) is 6.61 Å². The average molecular weight is 869 g/mol. The lowest BCUT2D eigenvalue weighted by Crippen LogP contribution is -2.30. The summed E-state index contributed by atoms with van der Waals surface area (Å²) in [6.45, 7) is 7.73. The second-order valence-electron chi connectivity index (χ2n) is 18.1. The van der Waals surface area contributed by atoms with E-state index >= 15 is 0 Å². The van der Waals surface area contributed by atoms with Gasteiger partial charge in [-0.25, -0.2) is 0 Å². The fraction of sp³-hybridized carbons (Fsp3) is 0.825. The van der Waals surface area contributed by atoms with E-state index in [1.807, 2.05) is 0 Å². The van der Waals surface area contributed by atoms with Crippen molar-refractivity contribution in [2.24, 2.45) is 0 Å². The van der Waals surface area contributed by atoms with Crippen molar-refractivity contribution in [3.05, 3.63) is 48.6 Å². The van der Waals surface area contributed by atoms with E-state index in [4.69, 9.17) is 14.2 Å². The van der Waals surface area contributed by atoms with Crippen LogP contribution in [0.2, 0.25) is 0 Å². The van der Waals surface area contributed by atoms with Gasteiger partial charge in [0.1, 0.15) is 6.61 Å². The number of rotatable bonds is 50. The minimum absolute atomic E-state index is 0.0784. The van der Waals surface area contributed by atoms with Gasteiger partial charge in [0.15, 0.2) is 6.10 Å². The predicted molar refractivity (Wildman–Crippen MR) is 270 cm³/mol. The molecule has 5 nitrogen and oxygen atoms in total.